The van der Waals surface area contributed by atoms with Gasteiger partial charge in [-0.2, -0.15) is 0 Å². The Morgan fingerprint density at radius 1 is 1.50 bits per heavy atom. The van der Waals surface area contributed by atoms with E-state index in [4.69, 9.17) is 4.74 Å². The summed E-state index contributed by atoms with van der Waals surface area (Å²) in [5.41, 5.74) is 2.01. The van der Waals surface area contributed by atoms with E-state index >= 15 is 0 Å². The van der Waals surface area contributed by atoms with Crippen molar-refractivity contribution in [3.63, 3.8) is 0 Å². The highest BCUT2D eigenvalue weighted by Crippen LogP contribution is 2.33. The Kier molecular flexibility index (Phi) is 3.87. The normalized spacial score (nSPS) is 19.7. The fourth-order valence-corrected chi connectivity index (χ4v) is 2.22. The van der Waals surface area contributed by atoms with Gasteiger partial charge in [-0.15, -0.1) is 0 Å². The number of benzene rings is 1. The van der Waals surface area contributed by atoms with Gasteiger partial charge >= 0.3 is 0 Å². The molecule has 1 aliphatic rings. The van der Waals surface area contributed by atoms with Crippen molar-refractivity contribution >= 4 is 11.6 Å². The zero-order valence-electron chi connectivity index (χ0n) is 11.1. The quantitative estimate of drug-likeness (QED) is 0.858. The zero-order valence-corrected chi connectivity index (χ0v) is 11.1. The van der Waals surface area contributed by atoms with Gasteiger partial charge in [0.05, 0.1) is 5.69 Å². The smallest absolute Gasteiger partial charge is 0.265 e. The Morgan fingerprint density at radius 2 is 2.28 bits per heavy atom. The average molecular weight is 248 g/mol. The summed E-state index contributed by atoms with van der Waals surface area (Å²) in [6.07, 6.45) is 0.652. The van der Waals surface area contributed by atoms with Gasteiger partial charge in [0.1, 0.15) is 5.75 Å². The largest absolute Gasteiger partial charge is 0.479 e. The Hall–Kier alpha value is -1.55. The number of hydrogen-bond donors (Lipinski definition) is 2. The number of hydrogen-bond acceptors (Lipinski definition) is 3. The van der Waals surface area contributed by atoms with Crippen LogP contribution in [-0.4, -0.2) is 25.6 Å². The minimum absolute atomic E-state index is 0.0856. The molecule has 2 atom stereocenters. The van der Waals surface area contributed by atoms with Gasteiger partial charge in [0.25, 0.3) is 5.91 Å². The maximum Gasteiger partial charge on any atom is 0.265 e. The summed E-state index contributed by atoms with van der Waals surface area (Å²) < 4.78 is 5.63. The van der Waals surface area contributed by atoms with Crippen LogP contribution < -0.4 is 15.4 Å². The summed E-state index contributed by atoms with van der Waals surface area (Å²) in [7, 11) is 1.96. The van der Waals surface area contributed by atoms with Crippen molar-refractivity contribution in [1.82, 2.24) is 5.32 Å². The number of fused-ring (bicyclic) bond motifs is 1. The molecule has 1 amide bonds. The molecule has 1 aliphatic heterocycles. The van der Waals surface area contributed by atoms with E-state index in [0.717, 1.165) is 24.4 Å². The fourth-order valence-electron chi connectivity index (χ4n) is 2.22. The molecule has 0 aliphatic carbocycles. The van der Waals surface area contributed by atoms with Crippen LogP contribution in [0.25, 0.3) is 0 Å². The minimum Gasteiger partial charge on any atom is -0.479 e. The molecule has 18 heavy (non-hydrogen) atoms. The van der Waals surface area contributed by atoms with Crippen molar-refractivity contribution in [3.8, 4) is 5.75 Å². The van der Waals surface area contributed by atoms with E-state index in [1.54, 1.807) is 6.92 Å². The molecular formula is C14H20N2O2. The third-order valence-corrected chi connectivity index (χ3v) is 3.35. The van der Waals surface area contributed by atoms with Crippen LogP contribution in [0.5, 0.6) is 5.75 Å². The highest BCUT2D eigenvalue weighted by atomic mass is 16.5. The molecule has 0 fully saturated rings. The second-order valence-electron chi connectivity index (χ2n) is 4.67. The Bertz CT molecular complexity index is 445. The SMILES string of the molecule is CCC(CNC)c1ccc2c(c1)OC(C)C(=O)N2. The number of nitrogens with one attached hydrogen (secondary N) is 2. The van der Waals surface area contributed by atoms with Gasteiger partial charge in [0.15, 0.2) is 6.10 Å². The van der Waals surface area contributed by atoms with Crippen LogP contribution in [0, 0.1) is 0 Å². The lowest BCUT2D eigenvalue weighted by atomic mass is 9.95. The van der Waals surface area contributed by atoms with Crippen LogP contribution >= 0.6 is 0 Å². The van der Waals surface area contributed by atoms with Crippen LogP contribution in [0.2, 0.25) is 0 Å². The van der Waals surface area contributed by atoms with Crippen molar-refractivity contribution in [2.45, 2.75) is 32.3 Å². The van der Waals surface area contributed by atoms with Crippen LogP contribution in [0.3, 0.4) is 0 Å². The maximum atomic E-state index is 11.5. The molecule has 2 rings (SSSR count). The number of carbonyl (C=O) groups excluding carboxylic acids is 1. The van der Waals surface area contributed by atoms with E-state index < -0.39 is 6.10 Å². The van der Waals surface area contributed by atoms with E-state index in [2.05, 4.69) is 23.6 Å². The lowest BCUT2D eigenvalue weighted by Gasteiger charge is -2.25. The van der Waals surface area contributed by atoms with E-state index in [0.29, 0.717) is 5.92 Å². The lowest BCUT2D eigenvalue weighted by molar-refractivity contribution is -0.122. The first-order chi connectivity index (χ1) is 8.65. The van der Waals surface area contributed by atoms with Gasteiger partial charge in [-0.05, 0) is 44.0 Å². The summed E-state index contributed by atoms with van der Waals surface area (Å²) in [6, 6.07) is 6.02. The van der Waals surface area contributed by atoms with Crippen LogP contribution in [0.15, 0.2) is 18.2 Å². The molecule has 1 aromatic rings. The second-order valence-corrected chi connectivity index (χ2v) is 4.67. The van der Waals surface area contributed by atoms with Crippen molar-refractivity contribution in [1.29, 1.82) is 0 Å². The molecule has 0 aromatic heterocycles. The van der Waals surface area contributed by atoms with Crippen molar-refractivity contribution in [2.24, 2.45) is 0 Å². The zero-order chi connectivity index (χ0) is 13.1. The van der Waals surface area contributed by atoms with Gasteiger partial charge in [0.2, 0.25) is 0 Å². The van der Waals surface area contributed by atoms with Gasteiger partial charge in [0, 0.05) is 6.54 Å². The highest BCUT2D eigenvalue weighted by Gasteiger charge is 2.24. The molecule has 0 spiro atoms. The molecule has 1 aromatic carbocycles. The monoisotopic (exact) mass is 248 g/mol. The number of rotatable bonds is 4. The Balaban J connectivity index is 2.26. The number of carbonyl (C=O) groups is 1. The van der Waals surface area contributed by atoms with Crippen molar-refractivity contribution in [2.75, 3.05) is 18.9 Å². The first-order valence-electron chi connectivity index (χ1n) is 6.41. The number of ether oxygens (including phenoxy) is 1. The van der Waals surface area contributed by atoms with Crippen LogP contribution in [-0.2, 0) is 4.79 Å². The molecule has 0 saturated carbocycles. The van der Waals surface area contributed by atoms with Gasteiger partial charge < -0.3 is 15.4 Å². The second kappa shape index (κ2) is 5.40. The standard InChI is InChI=1S/C14H20N2O2/c1-4-10(8-15-3)11-5-6-12-13(7-11)18-9(2)14(17)16-12/h5-7,9-10,15H,4,8H2,1-3H3,(H,16,17). The van der Waals surface area contributed by atoms with E-state index in [-0.39, 0.29) is 5.91 Å². The predicted octanol–water partition coefficient (Wildman–Crippen LogP) is 2.12. The molecule has 0 radical (unpaired) electrons. The van der Waals surface area contributed by atoms with Gasteiger partial charge in [-0.25, -0.2) is 0 Å². The molecule has 0 bridgehead atoms. The first kappa shape index (κ1) is 12.9. The van der Waals surface area contributed by atoms with Gasteiger partial charge in [-0.1, -0.05) is 13.0 Å². The third-order valence-electron chi connectivity index (χ3n) is 3.35. The topological polar surface area (TPSA) is 50.4 Å². The third kappa shape index (κ3) is 2.48. The molecule has 98 valence electrons. The Morgan fingerprint density at radius 3 is 2.94 bits per heavy atom. The minimum atomic E-state index is -0.419. The van der Waals surface area contributed by atoms with E-state index in [1.807, 2.05) is 19.2 Å². The highest BCUT2D eigenvalue weighted by molar-refractivity contribution is 5.97. The molecule has 0 saturated heterocycles. The maximum absolute atomic E-state index is 11.5. The molecular weight excluding hydrogens is 228 g/mol. The van der Waals surface area contributed by atoms with E-state index in [1.165, 1.54) is 5.56 Å². The molecule has 2 N–H and O–H groups in total. The predicted molar refractivity (Wildman–Crippen MR) is 72.1 cm³/mol. The summed E-state index contributed by atoms with van der Waals surface area (Å²) in [5.74, 6) is 1.16. The van der Waals surface area contributed by atoms with Crippen molar-refractivity contribution in [3.05, 3.63) is 23.8 Å². The molecule has 4 nitrogen and oxygen atoms in total. The van der Waals surface area contributed by atoms with Crippen LogP contribution in [0.1, 0.15) is 31.7 Å². The molecule has 1 heterocycles. The van der Waals surface area contributed by atoms with Crippen LogP contribution in [0.4, 0.5) is 5.69 Å². The lowest BCUT2D eigenvalue weighted by Crippen LogP contribution is -2.34. The number of amides is 1. The van der Waals surface area contributed by atoms with Crippen molar-refractivity contribution < 1.29 is 9.53 Å². The molecule has 2 unspecified atom stereocenters. The average Bonchev–Trinajstić information content (AvgIpc) is 2.37. The number of likely N-dealkylation sites (N-methyl/N-ethyl adjacent to an activating group) is 1. The summed E-state index contributed by atoms with van der Waals surface area (Å²) >= 11 is 0. The molecule has 4 heteroatoms. The van der Waals surface area contributed by atoms with Gasteiger partial charge in [-0.3, -0.25) is 4.79 Å². The first-order valence-corrected chi connectivity index (χ1v) is 6.41. The Labute approximate surface area is 108 Å². The fraction of sp³-hybridized carbons (Fsp3) is 0.500. The number of anilines is 1. The summed E-state index contributed by atoms with van der Waals surface area (Å²) in [5, 5.41) is 6.05. The van der Waals surface area contributed by atoms with E-state index in [9.17, 15) is 4.79 Å². The summed E-state index contributed by atoms with van der Waals surface area (Å²) in [4.78, 5) is 11.5. The summed E-state index contributed by atoms with van der Waals surface area (Å²) in [6.45, 7) is 4.87.